The predicted molar refractivity (Wildman–Crippen MR) is 121 cm³/mol. The number of carbonyl (C=O) groups is 2. The van der Waals surface area contributed by atoms with Gasteiger partial charge in [0.15, 0.2) is 0 Å². The smallest absolute Gasteiger partial charge is 0.410 e. The summed E-state index contributed by atoms with van der Waals surface area (Å²) in [5.41, 5.74) is 0.200. The summed E-state index contributed by atoms with van der Waals surface area (Å²) >= 11 is 3.08. The van der Waals surface area contributed by atoms with Crippen LogP contribution in [0.5, 0.6) is 0 Å². The Morgan fingerprint density at radius 3 is 2.55 bits per heavy atom. The molecule has 1 aliphatic heterocycles. The minimum Gasteiger partial charge on any atom is -0.444 e. The number of benzene rings is 1. The Hall–Kier alpha value is -2.68. The Morgan fingerprint density at radius 1 is 1.23 bits per heavy atom. The monoisotopic (exact) mass is 492 g/mol. The van der Waals surface area contributed by atoms with E-state index in [0.29, 0.717) is 35.4 Å². The van der Waals surface area contributed by atoms with Crippen LogP contribution < -0.4 is 10.2 Å². The van der Waals surface area contributed by atoms with Crippen molar-refractivity contribution in [3.63, 3.8) is 0 Å². The van der Waals surface area contributed by atoms with Crippen LogP contribution in [0.2, 0.25) is 0 Å². The number of nitrogens with one attached hydrogen (secondary N) is 1. The maximum atomic E-state index is 13.6. The lowest BCUT2D eigenvalue weighted by molar-refractivity contribution is 0.0218. The van der Waals surface area contributed by atoms with E-state index in [4.69, 9.17) is 4.74 Å². The van der Waals surface area contributed by atoms with Crippen molar-refractivity contribution in [2.45, 2.75) is 39.3 Å². The highest BCUT2D eigenvalue weighted by molar-refractivity contribution is 9.10. The van der Waals surface area contributed by atoms with Gasteiger partial charge in [-0.2, -0.15) is 0 Å². The largest absolute Gasteiger partial charge is 0.444 e. The molecule has 166 valence electrons. The van der Waals surface area contributed by atoms with E-state index < -0.39 is 11.4 Å². The van der Waals surface area contributed by atoms with Gasteiger partial charge in [-0.3, -0.25) is 4.79 Å². The number of hydrogen-bond acceptors (Lipinski definition) is 5. The molecular formula is C22H26BrFN4O3. The number of pyridine rings is 1. The second-order valence-corrected chi connectivity index (χ2v) is 9.31. The quantitative estimate of drug-likeness (QED) is 0.672. The number of hydrogen-bond donors (Lipinski definition) is 1. The van der Waals surface area contributed by atoms with E-state index in [1.165, 1.54) is 18.3 Å². The summed E-state index contributed by atoms with van der Waals surface area (Å²) in [6, 6.07) is 7.88. The molecule has 1 saturated heterocycles. The van der Waals surface area contributed by atoms with Gasteiger partial charge in [0.25, 0.3) is 5.91 Å². The minimum atomic E-state index is -0.530. The second-order valence-electron chi connectivity index (χ2n) is 8.46. The maximum absolute atomic E-state index is 13.6. The van der Waals surface area contributed by atoms with Crippen molar-refractivity contribution in [2.24, 2.45) is 0 Å². The van der Waals surface area contributed by atoms with Gasteiger partial charge in [-0.1, -0.05) is 0 Å². The fourth-order valence-electron chi connectivity index (χ4n) is 3.26. The number of anilines is 2. The Balaban J connectivity index is 1.61. The summed E-state index contributed by atoms with van der Waals surface area (Å²) in [6.07, 6.45) is 1.18. The van der Waals surface area contributed by atoms with E-state index in [1.54, 1.807) is 23.1 Å². The third-order valence-corrected chi connectivity index (χ3v) is 5.40. The highest BCUT2D eigenvalue weighted by Gasteiger charge is 2.30. The fourth-order valence-corrected chi connectivity index (χ4v) is 3.50. The van der Waals surface area contributed by atoms with Crippen LogP contribution in [0.25, 0.3) is 0 Å². The van der Waals surface area contributed by atoms with Crippen LogP contribution in [0, 0.1) is 5.82 Å². The Labute approximate surface area is 189 Å². The number of aromatic nitrogens is 1. The average Bonchev–Trinajstić information content (AvgIpc) is 2.69. The van der Waals surface area contributed by atoms with Gasteiger partial charge in [0.05, 0.1) is 10.0 Å². The molecule has 31 heavy (non-hydrogen) atoms. The molecule has 2 amide bonds. The zero-order chi connectivity index (χ0) is 22.8. The molecule has 1 aromatic heterocycles. The number of carbonyl (C=O) groups excluding carboxylic acids is 2. The molecule has 1 atom stereocenters. The standard InChI is InChI=1S/C22H26BrFN4O3/c1-14-13-27(21(30)31-22(2,3)4)9-10-28(14)19-8-5-15(12-25-19)20(29)26-16-6-7-17(23)18(24)11-16/h5-8,11-12,14H,9-10,13H2,1-4H3,(H,26,29). The van der Waals surface area contributed by atoms with Gasteiger partial charge >= 0.3 is 6.09 Å². The number of nitrogens with zero attached hydrogens (tertiary/aromatic N) is 3. The first kappa shape index (κ1) is 23.0. The van der Waals surface area contributed by atoms with Crippen LogP contribution >= 0.6 is 15.9 Å². The molecule has 2 heterocycles. The lowest BCUT2D eigenvalue weighted by atomic mass is 10.1. The van der Waals surface area contributed by atoms with Gasteiger partial charge in [-0.15, -0.1) is 0 Å². The molecule has 9 heteroatoms. The molecule has 2 aromatic rings. The zero-order valence-corrected chi connectivity index (χ0v) is 19.6. The first-order chi connectivity index (χ1) is 14.5. The molecule has 3 rings (SSSR count). The molecule has 0 aliphatic carbocycles. The van der Waals surface area contributed by atoms with Crippen LogP contribution in [-0.2, 0) is 4.74 Å². The molecule has 0 saturated carbocycles. The van der Waals surface area contributed by atoms with Crippen molar-refractivity contribution in [1.82, 2.24) is 9.88 Å². The van der Waals surface area contributed by atoms with Crippen LogP contribution in [0.1, 0.15) is 38.1 Å². The number of amides is 2. The van der Waals surface area contributed by atoms with Crippen LogP contribution in [0.15, 0.2) is 41.0 Å². The number of halogens is 2. The van der Waals surface area contributed by atoms with Gasteiger partial charge in [0, 0.05) is 37.6 Å². The highest BCUT2D eigenvalue weighted by Crippen LogP contribution is 2.22. The highest BCUT2D eigenvalue weighted by atomic mass is 79.9. The summed E-state index contributed by atoms with van der Waals surface area (Å²) < 4.78 is 19.4. The van der Waals surface area contributed by atoms with Gasteiger partial charge in [0.2, 0.25) is 0 Å². The van der Waals surface area contributed by atoms with E-state index in [1.807, 2.05) is 27.7 Å². The normalized spacial score (nSPS) is 16.8. The van der Waals surface area contributed by atoms with E-state index in [2.05, 4.69) is 31.1 Å². The lowest BCUT2D eigenvalue weighted by Crippen LogP contribution is -2.54. The van der Waals surface area contributed by atoms with Crippen LogP contribution in [-0.4, -0.2) is 53.2 Å². The summed E-state index contributed by atoms with van der Waals surface area (Å²) in [5.74, 6) is -0.100. The maximum Gasteiger partial charge on any atom is 0.410 e. The third-order valence-electron chi connectivity index (χ3n) is 4.76. The summed E-state index contributed by atoms with van der Waals surface area (Å²) in [7, 11) is 0. The van der Waals surface area contributed by atoms with Crippen LogP contribution in [0.3, 0.4) is 0 Å². The first-order valence-corrected chi connectivity index (χ1v) is 10.8. The zero-order valence-electron chi connectivity index (χ0n) is 18.0. The molecule has 0 radical (unpaired) electrons. The van der Waals surface area contributed by atoms with Crippen molar-refractivity contribution in [3.8, 4) is 0 Å². The molecule has 1 fully saturated rings. The van der Waals surface area contributed by atoms with Gasteiger partial charge in [-0.25, -0.2) is 14.2 Å². The topological polar surface area (TPSA) is 74.8 Å². The molecule has 1 aromatic carbocycles. The molecule has 0 spiro atoms. The van der Waals surface area contributed by atoms with Crippen molar-refractivity contribution in [3.05, 3.63) is 52.4 Å². The fraction of sp³-hybridized carbons (Fsp3) is 0.409. The van der Waals surface area contributed by atoms with Crippen molar-refractivity contribution in [2.75, 3.05) is 29.9 Å². The molecule has 1 unspecified atom stereocenters. The molecule has 0 bridgehead atoms. The molecule has 1 aliphatic rings. The summed E-state index contributed by atoms with van der Waals surface area (Å²) in [6.45, 7) is 9.21. The van der Waals surface area contributed by atoms with Gasteiger partial charge in [-0.05, 0) is 74.0 Å². The SMILES string of the molecule is CC1CN(C(=O)OC(C)(C)C)CCN1c1ccc(C(=O)Nc2ccc(Br)c(F)c2)cn1. The Kier molecular flexibility index (Phi) is 6.83. The Bertz CT molecular complexity index is 962. The van der Waals surface area contributed by atoms with Gasteiger partial charge < -0.3 is 19.9 Å². The van der Waals surface area contributed by atoms with Crippen molar-refractivity contribution in [1.29, 1.82) is 0 Å². The van der Waals surface area contributed by atoms with Crippen LogP contribution in [0.4, 0.5) is 20.7 Å². The second kappa shape index (κ2) is 9.21. The van der Waals surface area contributed by atoms with Crippen molar-refractivity contribution >= 4 is 39.4 Å². The molecule has 1 N–H and O–H groups in total. The summed E-state index contributed by atoms with van der Waals surface area (Å²) in [5, 5.41) is 2.66. The third kappa shape index (κ3) is 5.94. The first-order valence-electron chi connectivity index (χ1n) is 10.0. The lowest BCUT2D eigenvalue weighted by Gasteiger charge is -2.40. The molecule has 7 nitrogen and oxygen atoms in total. The minimum absolute atomic E-state index is 0.0409. The van der Waals surface area contributed by atoms with E-state index >= 15 is 0 Å². The summed E-state index contributed by atoms with van der Waals surface area (Å²) in [4.78, 5) is 33.0. The van der Waals surface area contributed by atoms with E-state index in [9.17, 15) is 14.0 Å². The average molecular weight is 493 g/mol. The number of rotatable bonds is 3. The Morgan fingerprint density at radius 2 is 1.97 bits per heavy atom. The van der Waals surface area contributed by atoms with Gasteiger partial charge in [0.1, 0.15) is 17.2 Å². The number of ether oxygens (including phenoxy) is 1. The van der Waals surface area contributed by atoms with E-state index in [-0.39, 0.29) is 18.0 Å². The molecular weight excluding hydrogens is 467 g/mol. The van der Waals surface area contributed by atoms with Crippen molar-refractivity contribution < 1.29 is 18.7 Å². The number of piperazine rings is 1. The van der Waals surface area contributed by atoms with E-state index in [0.717, 1.165) is 5.82 Å². The predicted octanol–water partition coefficient (Wildman–Crippen LogP) is 4.68.